The van der Waals surface area contributed by atoms with E-state index in [2.05, 4.69) is 26.1 Å². The summed E-state index contributed by atoms with van der Waals surface area (Å²) in [4.78, 5) is 40.3. The van der Waals surface area contributed by atoms with E-state index in [0.717, 1.165) is 22.0 Å². The molecule has 0 bridgehead atoms. The molecule has 1 aromatic heterocycles. The number of fused-ring (bicyclic) bond motifs is 1. The monoisotopic (exact) mass is 439 g/mol. The molecule has 0 aliphatic carbocycles. The molecular formula is C25H21N5O3. The van der Waals surface area contributed by atoms with Gasteiger partial charge in [-0.3, -0.25) is 14.4 Å². The van der Waals surface area contributed by atoms with Crippen LogP contribution in [0, 0.1) is 6.92 Å². The molecule has 4 N–H and O–H groups in total. The number of hydrogen-bond donors (Lipinski definition) is 4. The van der Waals surface area contributed by atoms with Gasteiger partial charge in [-0.05, 0) is 37.3 Å². The van der Waals surface area contributed by atoms with Gasteiger partial charge in [0.15, 0.2) is 0 Å². The summed E-state index contributed by atoms with van der Waals surface area (Å²) in [5.41, 5.74) is 6.03. The zero-order chi connectivity index (χ0) is 23.2. The number of hydrogen-bond acceptors (Lipinski definition) is 4. The molecule has 33 heavy (non-hydrogen) atoms. The standard InChI is InChI=1S/C25H21N5O3/c1-16-10-12-18(13-11-16)28-23(31)20-7-3-5-9-22(20)29-24(32)25(33)30-27-15-17-14-26-21-8-4-2-6-19(17)21/h2-15,26H,1H3,(H,28,31)(H,29,32)(H,30,33)/b27-15+. The Morgan fingerprint density at radius 1 is 0.848 bits per heavy atom. The summed E-state index contributed by atoms with van der Waals surface area (Å²) in [7, 11) is 0. The summed E-state index contributed by atoms with van der Waals surface area (Å²) < 4.78 is 0. The fraction of sp³-hybridized carbons (Fsp3) is 0.0400. The maximum atomic E-state index is 12.7. The topological polar surface area (TPSA) is 115 Å². The number of aryl methyl sites for hydroxylation is 1. The van der Waals surface area contributed by atoms with Crippen LogP contribution in [0.3, 0.4) is 0 Å². The molecule has 0 spiro atoms. The minimum absolute atomic E-state index is 0.211. The van der Waals surface area contributed by atoms with Crippen LogP contribution in [0.25, 0.3) is 10.9 Å². The number of H-pyrrole nitrogens is 1. The van der Waals surface area contributed by atoms with E-state index in [-0.39, 0.29) is 11.3 Å². The number of aromatic amines is 1. The van der Waals surface area contributed by atoms with E-state index in [0.29, 0.717) is 5.69 Å². The lowest BCUT2D eigenvalue weighted by Crippen LogP contribution is -2.33. The molecule has 4 rings (SSSR count). The third kappa shape index (κ3) is 5.13. The number of rotatable bonds is 5. The lowest BCUT2D eigenvalue weighted by Gasteiger charge is -2.11. The van der Waals surface area contributed by atoms with Gasteiger partial charge < -0.3 is 15.6 Å². The molecule has 4 aromatic rings. The number of hydrazone groups is 1. The van der Waals surface area contributed by atoms with E-state index in [4.69, 9.17) is 0 Å². The Balaban J connectivity index is 1.40. The Labute approximate surface area is 189 Å². The minimum atomic E-state index is -0.958. The fourth-order valence-electron chi connectivity index (χ4n) is 3.22. The maximum absolute atomic E-state index is 12.7. The zero-order valence-electron chi connectivity index (χ0n) is 17.8. The second-order valence-corrected chi connectivity index (χ2v) is 7.31. The van der Waals surface area contributed by atoms with Crippen LogP contribution in [0.5, 0.6) is 0 Å². The van der Waals surface area contributed by atoms with Crippen molar-refractivity contribution in [3.63, 3.8) is 0 Å². The van der Waals surface area contributed by atoms with E-state index in [1.807, 2.05) is 43.3 Å². The molecule has 3 aromatic carbocycles. The summed E-state index contributed by atoms with van der Waals surface area (Å²) in [6.07, 6.45) is 3.20. The molecule has 1 heterocycles. The van der Waals surface area contributed by atoms with Gasteiger partial charge in [-0.25, -0.2) is 5.43 Å². The highest BCUT2D eigenvalue weighted by Crippen LogP contribution is 2.18. The first-order valence-electron chi connectivity index (χ1n) is 10.2. The highest BCUT2D eigenvalue weighted by Gasteiger charge is 2.17. The van der Waals surface area contributed by atoms with Crippen LogP contribution in [0.2, 0.25) is 0 Å². The van der Waals surface area contributed by atoms with Gasteiger partial charge in [0, 0.05) is 28.4 Å². The Bertz CT molecular complexity index is 1360. The third-order valence-electron chi connectivity index (χ3n) is 4.93. The fourth-order valence-corrected chi connectivity index (χ4v) is 3.22. The predicted molar refractivity (Wildman–Crippen MR) is 128 cm³/mol. The molecule has 0 fully saturated rings. The summed E-state index contributed by atoms with van der Waals surface area (Å²) in [5.74, 6) is -2.31. The molecule has 8 heteroatoms. The number of nitrogens with zero attached hydrogens (tertiary/aromatic N) is 1. The van der Waals surface area contributed by atoms with Gasteiger partial charge >= 0.3 is 11.8 Å². The summed E-state index contributed by atoms with van der Waals surface area (Å²) >= 11 is 0. The Hall–Kier alpha value is -4.72. The first-order valence-corrected chi connectivity index (χ1v) is 10.2. The summed E-state index contributed by atoms with van der Waals surface area (Å²) in [6.45, 7) is 1.95. The average Bonchev–Trinajstić information content (AvgIpc) is 3.24. The van der Waals surface area contributed by atoms with Gasteiger partial charge in [-0.1, -0.05) is 48.0 Å². The molecule has 0 atom stereocenters. The maximum Gasteiger partial charge on any atom is 0.329 e. The van der Waals surface area contributed by atoms with Crippen molar-refractivity contribution in [3.05, 3.63) is 95.7 Å². The van der Waals surface area contributed by atoms with Crippen LogP contribution >= 0.6 is 0 Å². The highest BCUT2D eigenvalue weighted by atomic mass is 16.2. The van der Waals surface area contributed by atoms with Crippen LogP contribution in [0.15, 0.2) is 84.1 Å². The van der Waals surface area contributed by atoms with Crippen molar-refractivity contribution in [1.29, 1.82) is 0 Å². The number of carbonyl (C=O) groups is 3. The molecule has 0 saturated carbocycles. The number of amides is 3. The molecule has 3 amide bonds. The van der Waals surface area contributed by atoms with Crippen LogP contribution in [0.1, 0.15) is 21.5 Å². The van der Waals surface area contributed by atoms with Crippen molar-refractivity contribution in [2.75, 3.05) is 10.6 Å². The van der Waals surface area contributed by atoms with Crippen LogP contribution in [0.4, 0.5) is 11.4 Å². The van der Waals surface area contributed by atoms with Crippen LogP contribution in [-0.4, -0.2) is 28.9 Å². The zero-order valence-corrected chi connectivity index (χ0v) is 17.8. The van der Waals surface area contributed by atoms with Gasteiger partial charge in [-0.2, -0.15) is 5.10 Å². The normalized spacial score (nSPS) is 10.8. The average molecular weight is 439 g/mol. The minimum Gasteiger partial charge on any atom is -0.361 e. The lowest BCUT2D eigenvalue weighted by atomic mass is 10.1. The summed E-state index contributed by atoms with van der Waals surface area (Å²) in [5, 5.41) is 10.0. The van der Waals surface area contributed by atoms with Crippen molar-refractivity contribution < 1.29 is 14.4 Å². The van der Waals surface area contributed by atoms with E-state index < -0.39 is 17.7 Å². The van der Waals surface area contributed by atoms with Gasteiger partial charge in [0.25, 0.3) is 5.91 Å². The van der Waals surface area contributed by atoms with Crippen molar-refractivity contribution in [1.82, 2.24) is 10.4 Å². The molecule has 8 nitrogen and oxygen atoms in total. The van der Waals surface area contributed by atoms with Crippen LogP contribution < -0.4 is 16.1 Å². The smallest absolute Gasteiger partial charge is 0.329 e. The quantitative estimate of drug-likeness (QED) is 0.215. The van der Waals surface area contributed by atoms with E-state index in [9.17, 15) is 14.4 Å². The van der Waals surface area contributed by atoms with Crippen molar-refractivity contribution in [2.24, 2.45) is 5.10 Å². The Morgan fingerprint density at radius 3 is 2.39 bits per heavy atom. The van der Waals surface area contributed by atoms with Gasteiger partial charge in [0.05, 0.1) is 17.5 Å². The number of para-hydroxylation sites is 2. The first-order chi connectivity index (χ1) is 16.0. The second-order valence-electron chi connectivity index (χ2n) is 7.31. The van der Waals surface area contributed by atoms with Crippen molar-refractivity contribution in [3.8, 4) is 0 Å². The number of aromatic nitrogens is 1. The first kappa shape index (κ1) is 21.5. The number of nitrogens with one attached hydrogen (secondary N) is 4. The molecule has 0 aliphatic heterocycles. The third-order valence-corrected chi connectivity index (χ3v) is 4.93. The Kier molecular flexibility index (Phi) is 6.26. The summed E-state index contributed by atoms with van der Waals surface area (Å²) in [6, 6.07) is 21.4. The number of carbonyl (C=O) groups excluding carboxylic acids is 3. The number of benzene rings is 3. The number of anilines is 2. The molecule has 0 unspecified atom stereocenters. The second kappa shape index (κ2) is 9.61. The Morgan fingerprint density at radius 2 is 1.58 bits per heavy atom. The van der Waals surface area contributed by atoms with Gasteiger partial charge in [0.2, 0.25) is 0 Å². The largest absolute Gasteiger partial charge is 0.361 e. The molecule has 0 radical (unpaired) electrons. The van der Waals surface area contributed by atoms with Gasteiger partial charge in [0.1, 0.15) is 0 Å². The molecule has 164 valence electrons. The molecule has 0 saturated heterocycles. The van der Waals surface area contributed by atoms with Gasteiger partial charge in [-0.15, -0.1) is 0 Å². The van der Waals surface area contributed by atoms with Crippen molar-refractivity contribution >= 4 is 46.2 Å². The van der Waals surface area contributed by atoms with E-state index in [1.165, 1.54) is 6.21 Å². The molecule has 0 aliphatic rings. The van der Waals surface area contributed by atoms with E-state index >= 15 is 0 Å². The van der Waals surface area contributed by atoms with Crippen molar-refractivity contribution in [2.45, 2.75) is 6.92 Å². The SMILES string of the molecule is Cc1ccc(NC(=O)c2ccccc2NC(=O)C(=O)N/N=C/c2c[nH]c3ccccc23)cc1. The predicted octanol–water partition coefficient (Wildman–Crippen LogP) is 3.82. The highest BCUT2D eigenvalue weighted by molar-refractivity contribution is 6.40. The van der Waals surface area contributed by atoms with Crippen LogP contribution in [-0.2, 0) is 9.59 Å². The van der Waals surface area contributed by atoms with E-state index in [1.54, 1.807) is 42.6 Å². The molecular weight excluding hydrogens is 418 g/mol. The lowest BCUT2D eigenvalue weighted by molar-refractivity contribution is -0.136.